The van der Waals surface area contributed by atoms with Crippen molar-refractivity contribution in [3.63, 3.8) is 0 Å². The van der Waals surface area contributed by atoms with Gasteiger partial charge in [0, 0.05) is 8.03 Å². The van der Waals surface area contributed by atoms with Crippen molar-refractivity contribution in [2.45, 2.75) is 19.5 Å². The van der Waals surface area contributed by atoms with Crippen LogP contribution in [0.1, 0.15) is 13.8 Å². The predicted octanol–water partition coefficient (Wildman–Crippen LogP) is -3.20. The van der Waals surface area contributed by atoms with Gasteiger partial charge in [0.1, 0.15) is 5.78 Å². The Morgan fingerprint density at radius 1 is 1.67 bits per heavy atom. The van der Waals surface area contributed by atoms with Gasteiger partial charge in [-0.1, -0.05) is 0 Å². The largest absolute Gasteiger partial charge is 1.00 e. The molecule has 0 aromatic heterocycles. The van der Waals surface area contributed by atoms with E-state index in [0.29, 0.717) is 0 Å². The summed E-state index contributed by atoms with van der Waals surface area (Å²) in [5.41, 5.74) is -0.778. The molecular weight excluding hydrogens is 150 g/mol. The van der Waals surface area contributed by atoms with Gasteiger partial charge in [0.15, 0.2) is 0 Å². The molecule has 0 aliphatic heterocycles. The van der Waals surface area contributed by atoms with Crippen LogP contribution in [0.5, 0.6) is 0 Å². The number of hydrogen-bond acceptors (Lipinski definition) is 3. The number of hydrogen-bond donors (Lipinski definition) is 0. The maximum atomic E-state index is 10.2. The van der Waals surface area contributed by atoms with Crippen molar-refractivity contribution >= 4 is 13.8 Å². The Balaban J connectivity index is 0. The summed E-state index contributed by atoms with van der Waals surface area (Å²) < 4.78 is 9.99. The molecule has 0 aliphatic carbocycles. The van der Waals surface area contributed by atoms with E-state index in [4.69, 9.17) is 0 Å². The Hall–Kier alpha value is 0.860. The predicted molar refractivity (Wildman–Crippen MR) is 29.1 cm³/mol. The molecule has 0 saturated heterocycles. The molecule has 0 fully saturated rings. The van der Waals surface area contributed by atoms with Gasteiger partial charge in [0.2, 0.25) is 0 Å². The first kappa shape index (κ1) is 12.5. The molecule has 0 rings (SSSR count). The van der Waals surface area contributed by atoms with Crippen LogP contribution >= 0.6 is 8.03 Å². The smallest absolute Gasteiger partial charge is 0.801 e. The summed E-state index contributed by atoms with van der Waals surface area (Å²) in [6, 6.07) is 0. The Morgan fingerprint density at radius 2 is 2.00 bits per heavy atom. The quantitative estimate of drug-likeness (QED) is 0.314. The third-order valence-electron chi connectivity index (χ3n) is 0.963. The summed E-state index contributed by atoms with van der Waals surface area (Å²) in [5, 5.41) is 0. The van der Waals surface area contributed by atoms with Crippen LogP contribution in [-0.4, -0.2) is 11.4 Å². The summed E-state index contributed by atoms with van der Waals surface area (Å²) in [7, 11) is -2.86. The van der Waals surface area contributed by atoms with Gasteiger partial charge in [-0.2, -0.15) is 0 Å². The van der Waals surface area contributed by atoms with Gasteiger partial charge in [-0.05, 0) is 13.8 Å². The molecule has 48 valence electrons. The van der Waals surface area contributed by atoms with Crippen LogP contribution in [0.2, 0.25) is 0 Å². The number of carbonyl (C=O) groups excluding carboxylic acids is 1. The zero-order valence-electron chi connectivity index (χ0n) is 5.80. The van der Waals surface area contributed by atoms with Crippen LogP contribution in [0.4, 0.5) is 0 Å². The molecule has 0 radical (unpaired) electrons. The van der Waals surface area contributed by atoms with Gasteiger partial charge >= 0.3 is 29.6 Å². The minimum absolute atomic E-state index is 0. The Bertz CT molecular complexity index is 111. The molecule has 0 spiro atoms. The maximum absolute atomic E-state index is 10.2. The topological polar surface area (TPSA) is 57.2 Å². The first-order valence-electron chi connectivity index (χ1n) is 2.27. The summed E-state index contributed by atoms with van der Waals surface area (Å²) >= 11 is 0. The Kier molecular flexibility index (Phi) is 7.84. The van der Waals surface area contributed by atoms with E-state index < -0.39 is 13.7 Å². The minimum Gasteiger partial charge on any atom is -0.801 e. The minimum atomic E-state index is -2.86. The SMILES string of the molecule is CC(=O)C(C)[PH](=O)[O-].[Na+]. The molecular formula is C4H8NaO3P. The van der Waals surface area contributed by atoms with Crippen molar-refractivity contribution in [2.24, 2.45) is 0 Å². The van der Waals surface area contributed by atoms with Crippen LogP contribution in [0.15, 0.2) is 0 Å². The molecule has 0 N–H and O–H groups in total. The fraction of sp³-hybridized carbons (Fsp3) is 0.750. The van der Waals surface area contributed by atoms with Crippen molar-refractivity contribution in [1.82, 2.24) is 0 Å². The second-order valence-electron chi connectivity index (χ2n) is 1.65. The zero-order valence-corrected chi connectivity index (χ0v) is 8.80. The van der Waals surface area contributed by atoms with Crippen molar-refractivity contribution < 1.29 is 43.8 Å². The van der Waals surface area contributed by atoms with Crippen molar-refractivity contribution in [2.75, 3.05) is 0 Å². The van der Waals surface area contributed by atoms with Crippen LogP contribution in [0, 0.1) is 0 Å². The van der Waals surface area contributed by atoms with E-state index in [9.17, 15) is 14.3 Å². The van der Waals surface area contributed by atoms with E-state index in [1.165, 1.54) is 13.8 Å². The fourth-order valence-corrected chi connectivity index (χ4v) is 0.498. The molecule has 0 bridgehead atoms. The molecule has 0 heterocycles. The molecule has 5 heteroatoms. The first-order chi connectivity index (χ1) is 3.55. The second kappa shape index (κ2) is 5.63. The number of carbonyl (C=O) groups is 1. The van der Waals surface area contributed by atoms with Gasteiger partial charge in [-0.25, -0.2) is 0 Å². The van der Waals surface area contributed by atoms with Crippen molar-refractivity contribution in [3.05, 3.63) is 0 Å². The summed E-state index contributed by atoms with van der Waals surface area (Å²) in [6.45, 7) is 2.65. The zero-order chi connectivity index (χ0) is 6.73. The molecule has 0 amide bonds. The maximum Gasteiger partial charge on any atom is 1.00 e. The Labute approximate surface area is 77.0 Å². The standard InChI is InChI=1S/C4H9O3P.Na/c1-3(5)4(2)8(6)7;/h4,8H,1-2H3,(H,6,7);/q;+1/p-1. The molecule has 0 aromatic carbocycles. The molecule has 2 unspecified atom stereocenters. The van der Waals surface area contributed by atoms with E-state index in [1.54, 1.807) is 0 Å². The normalized spacial score (nSPS) is 15.4. The average Bonchev–Trinajstić information content (AvgIpc) is 1.64. The van der Waals surface area contributed by atoms with Gasteiger partial charge in [-0.3, -0.25) is 4.79 Å². The van der Waals surface area contributed by atoms with Gasteiger partial charge < -0.3 is 9.46 Å². The molecule has 2 atom stereocenters. The first-order valence-corrected chi connectivity index (χ1v) is 3.66. The molecule has 0 aliphatic rings. The second-order valence-corrected chi connectivity index (χ2v) is 3.16. The third-order valence-corrected chi connectivity index (χ3v) is 2.08. The summed E-state index contributed by atoms with van der Waals surface area (Å²) in [6.07, 6.45) is 0. The van der Waals surface area contributed by atoms with E-state index in [0.717, 1.165) is 0 Å². The van der Waals surface area contributed by atoms with Gasteiger partial charge in [-0.15, -0.1) is 0 Å². The van der Waals surface area contributed by atoms with Gasteiger partial charge in [0.25, 0.3) is 0 Å². The number of rotatable bonds is 2. The van der Waals surface area contributed by atoms with Gasteiger partial charge in [0.05, 0.1) is 5.66 Å². The summed E-state index contributed by atoms with van der Waals surface area (Å²) in [4.78, 5) is 20.2. The van der Waals surface area contributed by atoms with Crippen LogP contribution < -0.4 is 34.5 Å². The number of Topliss-reactive ketones (excluding diaryl/α,β-unsaturated/α-hetero) is 1. The van der Waals surface area contributed by atoms with E-state index in [2.05, 4.69) is 0 Å². The fourth-order valence-electron chi connectivity index (χ4n) is 0.166. The molecule has 3 nitrogen and oxygen atoms in total. The molecule has 9 heavy (non-hydrogen) atoms. The van der Waals surface area contributed by atoms with E-state index in [-0.39, 0.29) is 35.3 Å². The van der Waals surface area contributed by atoms with Crippen molar-refractivity contribution in [3.8, 4) is 0 Å². The third kappa shape index (κ3) is 5.31. The molecule has 0 saturated carbocycles. The average molecular weight is 158 g/mol. The van der Waals surface area contributed by atoms with Crippen LogP contribution in [-0.2, 0) is 9.36 Å². The van der Waals surface area contributed by atoms with E-state index >= 15 is 0 Å². The molecule has 0 aromatic rings. The van der Waals surface area contributed by atoms with Crippen molar-refractivity contribution in [1.29, 1.82) is 0 Å². The van der Waals surface area contributed by atoms with Crippen LogP contribution in [0.3, 0.4) is 0 Å². The van der Waals surface area contributed by atoms with E-state index in [1.807, 2.05) is 0 Å². The number of ketones is 1. The van der Waals surface area contributed by atoms with Crippen LogP contribution in [0.25, 0.3) is 0 Å². The Morgan fingerprint density at radius 3 is 2.00 bits per heavy atom. The monoisotopic (exact) mass is 158 g/mol. The summed E-state index contributed by atoms with van der Waals surface area (Å²) in [5.74, 6) is -0.288.